The second kappa shape index (κ2) is 5.09. The number of carbonyl (C=O) groups excluding carboxylic acids is 2. The van der Waals surface area contributed by atoms with Gasteiger partial charge in [-0.1, -0.05) is 29.8 Å². The van der Waals surface area contributed by atoms with E-state index < -0.39 is 5.66 Å². The highest BCUT2D eigenvalue weighted by molar-refractivity contribution is 6.10. The number of hydrogen-bond donors (Lipinski definition) is 1. The van der Waals surface area contributed by atoms with E-state index in [1.54, 1.807) is 9.91 Å². The Labute approximate surface area is 140 Å². The molecule has 0 radical (unpaired) electrons. The topological polar surface area (TPSA) is 52.7 Å². The standard InChI is InChI=1S/C19H19N3O2/c1-13-8-9-16-15(12-13)18(24)22(20-14-6-4-3-5-7-14)19(2)11-10-17(23)21(16)19/h3-9,12,20H,10-11H2,1-2H3. The number of hydrogen-bond acceptors (Lipinski definition) is 3. The molecular formula is C19H19N3O2. The van der Waals surface area contributed by atoms with E-state index in [1.807, 2.05) is 62.4 Å². The number of nitrogens with zero attached hydrogens (tertiary/aromatic N) is 2. The molecular weight excluding hydrogens is 302 g/mol. The number of benzene rings is 2. The second-order valence-electron chi connectivity index (χ2n) is 6.59. The van der Waals surface area contributed by atoms with Crippen LogP contribution >= 0.6 is 0 Å². The van der Waals surface area contributed by atoms with Crippen molar-refractivity contribution in [3.05, 3.63) is 59.7 Å². The predicted molar refractivity (Wildman–Crippen MR) is 92.5 cm³/mol. The molecule has 1 saturated heterocycles. The third-order valence-electron chi connectivity index (χ3n) is 4.87. The molecule has 1 fully saturated rings. The van der Waals surface area contributed by atoms with E-state index >= 15 is 0 Å². The summed E-state index contributed by atoms with van der Waals surface area (Å²) in [5.41, 5.74) is 5.60. The van der Waals surface area contributed by atoms with Gasteiger partial charge in [-0.2, -0.15) is 0 Å². The molecule has 2 aromatic carbocycles. The van der Waals surface area contributed by atoms with Gasteiger partial charge in [0.15, 0.2) is 0 Å². The lowest BCUT2D eigenvalue weighted by molar-refractivity contribution is -0.117. The fourth-order valence-electron chi connectivity index (χ4n) is 3.61. The van der Waals surface area contributed by atoms with Crippen LogP contribution in [0.15, 0.2) is 48.5 Å². The highest BCUT2D eigenvalue weighted by Gasteiger charge is 2.53. The Hall–Kier alpha value is -2.82. The van der Waals surface area contributed by atoms with Crippen LogP contribution in [-0.4, -0.2) is 22.5 Å². The highest BCUT2D eigenvalue weighted by Crippen LogP contribution is 2.44. The van der Waals surface area contributed by atoms with E-state index in [-0.39, 0.29) is 11.8 Å². The van der Waals surface area contributed by atoms with Gasteiger partial charge in [0.2, 0.25) is 5.91 Å². The molecule has 1 atom stereocenters. The normalized spacial score (nSPS) is 22.4. The van der Waals surface area contributed by atoms with Crippen LogP contribution in [0.1, 0.15) is 35.7 Å². The smallest absolute Gasteiger partial charge is 0.276 e. The molecule has 4 rings (SSSR count). The number of para-hydroxylation sites is 1. The Morgan fingerprint density at radius 3 is 2.58 bits per heavy atom. The fourth-order valence-corrected chi connectivity index (χ4v) is 3.61. The molecule has 2 amide bonds. The van der Waals surface area contributed by atoms with Gasteiger partial charge in [-0.3, -0.25) is 19.9 Å². The maximum absolute atomic E-state index is 13.2. The summed E-state index contributed by atoms with van der Waals surface area (Å²) in [6.45, 7) is 3.89. The van der Waals surface area contributed by atoms with Crippen LogP contribution in [0.3, 0.4) is 0 Å². The quantitative estimate of drug-likeness (QED) is 0.923. The first-order valence-corrected chi connectivity index (χ1v) is 8.11. The number of nitrogens with one attached hydrogen (secondary N) is 1. The van der Waals surface area contributed by atoms with E-state index in [9.17, 15) is 9.59 Å². The molecule has 122 valence electrons. The van der Waals surface area contributed by atoms with Crippen LogP contribution in [-0.2, 0) is 4.79 Å². The summed E-state index contributed by atoms with van der Waals surface area (Å²) in [7, 11) is 0. The molecule has 0 aliphatic carbocycles. The summed E-state index contributed by atoms with van der Waals surface area (Å²) in [5.74, 6) is -0.0547. The average Bonchev–Trinajstić information content (AvgIpc) is 2.89. The Kier molecular flexibility index (Phi) is 3.13. The van der Waals surface area contributed by atoms with E-state index in [4.69, 9.17) is 0 Å². The first-order chi connectivity index (χ1) is 11.5. The van der Waals surface area contributed by atoms with Crippen molar-refractivity contribution in [2.75, 3.05) is 10.3 Å². The van der Waals surface area contributed by atoms with Crippen molar-refractivity contribution < 1.29 is 9.59 Å². The molecule has 24 heavy (non-hydrogen) atoms. The van der Waals surface area contributed by atoms with E-state index in [0.717, 1.165) is 11.3 Å². The van der Waals surface area contributed by atoms with Gasteiger partial charge in [0.05, 0.1) is 16.9 Å². The van der Waals surface area contributed by atoms with Crippen molar-refractivity contribution in [1.82, 2.24) is 5.01 Å². The van der Waals surface area contributed by atoms with Gasteiger partial charge in [-0.05, 0) is 38.1 Å². The van der Waals surface area contributed by atoms with E-state index in [2.05, 4.69) is 5.43 Å². The number of fused-ring (bicyclic) bond motifs is 3. The molecule has 2 aliphatic rings. The van der Waals surface area contributed by atoms with Gasteiger partial charge in [0, 0.05) is 12.8 Å². The van der Waals surface area contributed by atoms with Crippen molar-refractivity contribution in [3.63, 3.8) is 0 Å². The molecule has 5 heteroatoms. The molecule has 0 saturated carbocycles. The summed E-state index contributed by atoms with van der Waals surface area (Å²) in [6.07, 6.45) is 1.04. The molecule has 0 aromatic heterocycles. The molecule has 2 aromatic rings. The number of rotatable bonds is 2. The zero-order chi connectivity index (χ0) is 16.9. The van der Waals surface area contributed by atoms with Crippen LogP contribution in [0, 0.1) is 6.92 Å². The fraction of sp³-hybridized carbons (Fsp3) is 0.263. The lowest BCUT2D eigenvalue weighted by atomic mass is 9.99. The Balaban J connectivity index is 1.85. The number of aryl methyl sites for hydroxylation is 1. The molecule has 2 aliphatic heterocycles. The summed E-state index contributed by atoms with van der Waals surface area (Å²) in [6, 6.07) is 15.2. The summed E-state index contributed by atoms with van der Waals surface area (Å²) in [4.78, 5) is 27.4. The Morgan fingerprint density at radius 1 is 1.08 bits per heavy atom. The number of amides is 2. The van der Waals surface area contributed by atoms with E-state index in [0.29, 0.717) is 24.1 Å². The first kappa shape index (κ1) is 14.8. The van der Waals surface area contributed by atoms with Crippen LogP contribution in [0.2, 0.25) is 0 Å². The minimum Gasteiger partial charge on any atom is -0.294 e. The van der Waals surface area contributed by atoms with Crippen LogP contribution in [0.5, 0.6) is 0 Å². The predicted octanol–water partition coefficient (Wildman–Crippen LogP) is 3.32. The highest BCUT2D eigenvalue weighted by atomic mass is 16.2. The van der Waals surface area contributed by atoms with Gasteiger partial charge in [-0.15, -0.1) is 0 Å². The minimum atomic E-state index is -0.702. The third-order valence-corrected chi connectivity index (χ3v) is 4.87. The molecule has 1 unspecified atom stereocenters. The maximum Gasteiger partial charge on any atom is 0.276 e. The van der Waals surface area contributed by atoms with Crippen LogP contribution < -0.4 is 10.3 Å². The lowest BCUT2D eigenvalue weighted by Crippen LogP contribution is -2.64. The SMILES string of the molecule is Cc1ccc2c(c1)C(=O)N(Nc1ccccc1)C1(C)CCC(=O)N21. The molecule has 2 heterocycles. The van der Waals surface area contributed by atoms with Crippen molar-refractivity contribution in [1.29, 1.82) is 0 Å². The number of carbonyl (C=O) groups is 2. The zero-order valence-corrected chi connectivity index (χ0v) is 13.7. The number of hydrazine groups is 1. The van der Waals surface area contributed by atoms with Crippen molar-refractivity contribution >= 4 is 23.2 Å². The van der Waals surface area contributed by atoms with Crippen LogP contribution in [0.25, 0.3) is 0 Å². The van der Waals surface area contributed by atoms with Crippen molar-refractivity contribution in [2.45, 2.75) is 32.4 Å². The van der Waals surface area contributed by atoms with Gasteiger partial charge in [-0.25, -0.2) is 5.01 Å². The summed E-state index contributed by atoms with van der Waals surface area (Å²) >= 11 is 0. The monoisotopic (exact) mass is 321 g/mol. The number of anilines is 2. The van der Waals surface area contributed by atoms with Crippen LogP contribution in [0.4, 0.5) is 11.4 Å². The first-order valence-electron chi connectivity index (χ1n) is 8.11. The summed E-state index contributed by atoms with van der Waals surface area (Å²) in [5, 5.41) is 1.61. The molecule has 1 N–H and O–H groups in total. The van der Waals surface area contributed by atoms with Gasteiger partial charge in [0.25, 0.3) is 5.91 Å². The average molecular weight is 321 g/mol. The maximum atomic E-state index is 13.2. The molecule has 0 bridgehead atoms. The van der Waals surface area contributed by atoms with Crippen molar-refractivity contribution in [2.24, 2.45) is 0 Å². The lowest BCUT2D eigenvalue weighted by Gasteiger charge is -2.48. The Morgan fingerprint density at radius 2 is 1.83 bits per heavy atom. The molecule has 0 spiro atoms. The molecule has 5 nitrogen and oxygen atoms in total. The third kappa shape index (κ3) is 2.01. The van der Waals surface area contributed by atoms with E-state index in [1.165, 1.54) is 0 Å². The minimum absolute atomic E-state index is 0.0509. The van der Waals surface area contributed by atoms with Gasteiger partial charge in [0.1, 0.15) is 5.66 Å². The van der Waals surface area contributed by atoms with Gasteiger partial charge >= 0.3 is 0 Å². The zero-order valence-electron chi connectivity index (χ0n) is 13.7. The second-order valence-corrected chi connectivity index (χ2v) is 6.59. The largest absolute Gasteiger partial charge is 0.294 e. The van der Waals surface area contributed by atoms with Crippen molar-refractivity contribution in [3.8, 4) is 0 Å². The Bertz CT molecular complexity index is 834. The van der Waals surface area contributed by atoms with Gasteiger partial charge < -0.3 is 0 Å². The summed E-state index contributed by atoms with van der Waals surface area (Å²) < 4.78 is 0.